The first-order valence-electron chi connectivity index (χ1n) is 4.19. The number of hydrogen-bond donors (Lipinski definition) is 1. The Bertz CT molecular complexity index is 272. The van der Waals surface area contributed by atoms with Gasteiger partial charge in [0.15, 0.2) is 11.6 Å². The molecular weight excluding hydrogens is 171 g/mol. The molecule has 0 fully saturated rings. The van der Waals surface area contributed by atoms with Crippen molar-refractivity contribution in [2.45, 2.75) is 20.0 Å². The predicted octanol–water partition coefficient (Wildman–Crippen LogP) is 1.89. The highest BCUT2D eigenvalue weighted by Gasteiger charge is 2.09. The van der Waals surface area contributed by atoms with E-state index in [1.807, 2.05) is 6.92 Å². The Balaban J connectivity index is 3.20. The van der Waals surface area contributed by atoms with Gasteiger partial charge in [0.05, 0.1) is 13.7 Å². The van der Waals surface area contributed by atoms with Crippen molar-refractivity contribution < 1.29 is 14.2 Å². The highest BCUT2D eigenvalue weighted by molar-refractivity contribution is 5.36. The Labute approximate surface area is 77.0 Å². The molecule has 0 aliphatic heterocycles. The second kappa shape index (κ2) is 4.23. The molecule has 2 nitrogen and oxygen atoms in total. The topological polar surface area (TPSA) is 29.5 Å². The van der Waals surface area contributed by atoms with E-state index in [4.69, 9.17) is 9.84 Å². The third kappa shape index (κ3) is 1.98. The maximum absolute atomic E-state index is 13.3. The van der Waals surface area contributed by atoms with Gasteiger partial charge < -0.3 is 9.84 Å². The van der Waals surface area contributed by atoms with Gasteiger partial charge >= 0.3 is 0 Å². The van der Waals surface area contributed by atoms with Crippen LogP contribution in [0.2, 0.25) is 0 Å². The third-order valence-electron chi connectivity index (χ3n) is 1.97. The lowest BCUT2D eigenvalue weighted by Gasteiger charge is -2.08. The number of rotatable bonds is 3. The number of aliphatic hydroxyl groups excluding tert-OH is 1. The van der Waals surface area contributed by atoms with Gasteiger partial charge in [-0.25, -0.2) is 4.39 Å². The molecule has 3 heteroatoms. The van der Waals surface area contributed by atoms with Crippen LogP contribution in [0.25, 0.3) is 0 Å². The Morgan fingerprint density at radius 1 is 1.46 bits per heavy atom. The van der Waals surface area contributed by atoms with Crippen LogP contribution in [-0.4, -0.2) is 12.2 Å². The number of benzene rings is 1. The van der Waals surface area contributed by atoms with Gasteiger partial charge in [-0.2, -0.15) is 0 Å². The van der Waals surface area contributed by atoms with Crippen molar-refractivity contribution in [3.63, 3.8) is 0 Å². The van der Waals surface area contributed by atoms with Crippen molar-refractivity contribution in [1.82, 2.24) is 0 Å². The first kappa shape index (κ1) is 9.99. The number of hydrogen-bond acceptors (Lipinski definition) is 2. The first-order chi connectivity index (χ1) is 6.22. The first-order valence-corrected chi connectivity index (χ1v) is 4.19. The molecule has 1 aromatic carbocycles. The SMILES string of the molecule is CCc1cc(CO)c(F)c(OC)c1. The van der Waals surface area contributed by atoms with Gasteiger partial charge in [-0.1, -0.05) is 13.0 Å². The third-order valence-corrected chi connectivity index (χ3v) is 1.97. The number of methoxy groups -OCH3 is 1. The molecule has 0 atom stereocenters. The summed E-state index contributed by atoms with van der Waals surface area (Å²) < 4.78 is 18.1. The van der Waals surface area contributed by atoms with Gasteiger partial charge in [-0.05, 0) is 18.1 Å². The zero-order chi connectivity index (χ0) is 9.84. The predicted molar refractivity (Wildman–Crippen MR) is 48.3 cm³/mol. The van der Waals surface area contributed by atoms with E-state index in [9.17, 15) is 4.39 Å². The molecule has 0 radical (unpaired) electrons. The largest absolute Gasteiger partial charge is 0.494 e. The van der Waals surface area contributed by atoms with Gasteiger partial charge in [0, 0.05) is 5.56 Å². The highest BCUT2D eigenvalue weighted by Crippen LogP contribution is 2.23. The van der Waals surface area contributed by atoms with Crippen molar-refractivity contribution in [3.05, 3.63) is 29.1 Å². The van der Waals surface area contributed by atoms with E-state index in [-0.39, 0.29) is 17.9 Å². The van der Waals surface area contributed by atoms with Crippen molar-refractivity contribution in [3.8, 4) is 5.75 Å². The van der Waals surface area contributed by atoms with Crippen LogP contribution in [0.4, 0.5) is 4.39 Å². The molecule has 1 rings (SSSR count). The van der Waals surface area contributed by atoms with Gasteiger partial charge in [0.1, 0.15) is 0 Å². The Kier molecular flexibility index (Phi) is 3.25. The zero-order valence-corrected chi connectivity index (χ0v) is 7.80. The summed E-state index contributed by atoms with van der Waals surface area (Å²) in [6, 6.07) is 3.30. The van der Waals surface area contributed by atoms with E-state index in [1.165, 1.54) is 7.11 Å². The summed E-state index contributed by atoms with van der Waals surface area (Å²) in [5, 5.41) is 8.86. The van der Waals surface area contributed by atoms with Crippen molar-refractivity contribution in [2.24, 2.45) is 0 Å². The molecule has 0 amide bonds. The van der Waals surface area contributed by atoms with Crippen molar-refractivity contribution in [1.29, 1.82) is 0 Å². The summed E-state index contributed by atoms with van der Waals surface area (Å²) in [6.07, 6.45) is 0.795. The minimum Gasteiger partial charge on any atom is -0.494 e. The summed E-state index contributed by atoms with van der Waals surface area (Å²) >= 11 is 0. The molecule has 0 aliphatic carbocycles. The Hall–Kier alpha value is -1.09. The summed E-state index contributed by atoms with van der Waals surface area (Å²) in [7, 11) is 1.42. The van der Waals surface area contributed by atoms with Crippen LogP contribution >= 0.6 is 0 Å². The maximum atomic E-state index is 13.3. The average Bonchev–Trinajstić information content (AvgIpc) is 2.18. The molecule has 0 aromatic heterocycles. The lowest BCUT2D eigenvalue weighted by Crippen LogP contribution is -1.97. The van der Waals surface area contributed by atoms with E-state index in [0.29, 0.717) is 0 Å². The van der Waals surface area contributed by atoms with E-state index in [1.54, 1.807) is 12.1 Å². The van der Waals surface area contributed by atoms with E-state index < -0.39 is 5.82 Å². The van der Waals surface area contributed by atoms with Gasteiger partial charge in [0.25, 0.3) is 0 Å². The van der Waals surface area contributed by atoms with Crippen LogP contribution in [0, 0.1) is 5.82 Å². The summed E-state index contributed by atoms with van der Waals surface area (Å²) in [6.45, 7) is 1.67. The molecule has 0 unspecified atom stereocenters. The molecule has 0 saturated heterocycles. The molecule has 0 saturated carbocycles. The molecular formula is C10H13FO2. The van der Waals surface area contributed by atoms with Crippen LogP contribution in [0.1, 0.15) is 18.1 Å². The van der Waals surface area contributed by atoms with Crippen molar-refractivity contribution >= 4 is 0 Å². The maximum Gasteiger partial charge on any atom is 0.170 e. The van der Waals surface area contributed by atoms with E-state index in [0.717, 1.165) is 12.0 Å². The molecule has 0 spiro atoms. The lowest BCUT2D eigenvalue weighted by atomic mass is 10.1. The lowest BCUT2D eigenvalue weighted by molar-refractivity contribution is 0.272. The number of aliphatic hydroxyl groups is 1. The van der Waals surface area contributed by atoms with E-state index >= 15 is 0 Å². The molecule has 0 bridgehead atoms. The van der Waals surface area contributed by atoms with Crippen LogP contribution in [0.3, 0.4) is 0 Å². The van der Waals surface area contributed by atoms with Crippen LogP contribution < -0.4 is 4.74 Å². The molecule has 0 heterocycles. The second-order valence-corrected chi connectivity index (χ2v) is 2.78. The average molecular weight is 184 g/mol. The Morgan fingerprint density at radius 3 is 2.62 bits per heavy atom. The van der Waals surface area contributed by atoms with Crippen LogP contribution in [0.15, 0.2) is 12.1 Å². The fourth-order valence-corrected chi connectivity index (χ4v) is 1.19. The minimum absolute atomic E-state index is 0.198. The monoisotopic (exact) mass is 184 g/mol. The normalized spacial score (nSPS) is 10.2. The minimum atomic E-state index is -0.470. The van der Waals surface area contributed by atoms with Crippen LogP contribution in [-0.2, 0) is 13.0 Å². The summed E-state index contributed by atoms with van der Waals surface area (Å²) in [4.78, 5) is 0. The smallest absolute Gasteiger partial charge is 0.170 e. The van der Waals surface area contributed by atoms with E-state index in [2.05, 4.69) is 0 Å². The van der Waals surface area contributed by atoms with Crippen LogP contribution in [0.5, 0.6) is 5.75 Å². The number of ether oxygens (including phenoxy) is 1. The number of halogens is 1. The van der Waals surface area contributed by atoms with Crippen molar-refractivity contribution in [2.75, 3.05) is 7.11 Å². The standard InChI is InChI=1S/C10H13FO2/c1-3-7-4-8(6-12)10(11)9(5-7)13-2/h4-5,12H,3,6H2,1-2H3. The molecule has 0 aliphatic rings. The fourth-order valence-electron chi connectivity index (χ4n) is 1.19. The van der Waals surface area contributed by atoms with Gasteiger partial charge in [-0.15, -0.1) is 0 Å². The quantitative estimate of drug-likeness (QED) is 0.777. The zero-order valence-electron chi connectivity index (χ0n) is 7.80. The molecule has 13 heavy (non-hydrogen) atoms. The summed E-state index contributed by atoms with van der Waals surface area (Å²) in [5.74, 6) is -0.273. The molecule has 72 valence electrons. The number of aryl methyl sites for hydroxylation is 1. The Morgan fingerprint density at radius 2 is 2.15 bits per heavy atom. The molecule has 1 aromatic rings. The van der Waals surface area contributed by atoms with Gasteiger partial charge in [-0.3, -0.25) is 0 Å². The van der Waals surface area contributed by atoms with Gasteiger partial charge in [0.2, 0.25) is 0 Å². The molecule has 1 N–H and O–H groups in total. The summed E-state index contributed by atoms with van der Waals surface area (Å²) in [5.41, 5.74) is 1.25. The fraction of sp³-hybridized carbons (Fsp3) is 0.400. The highest BCUT2D eigenvalue weighted by atomic mass is 19.1. The second-order valence-electron chi connectivity index (χ2n) is 2.78.